The van der Waals surface area contributed by atoms with Crippen LogP contribution < -0.4 is 5.32 Å². The maximum atomic E-state index is 12.1. The third-order valence-corrected chi connectivity index (χ3v) is 3.37. The molecular weight excluding hydrogens is 208 g/mol. The Kier molecular flexibility index (Phi) is 3.43. The van der Waals surface area contributed by atoms with Crippen LogP contribution in [0.25, 0.3) is 0 Å². The van der Waals surface area contributed by atoms with Gasteiger partial charge in [-0.2, -0.15) is 0 Å². The van der Waals surface area contributed by atoms with Gasteiger partial charge in [-0.1, -0.05) is 0 Å². The van der Waals surface area contributed by atoms with Gasteiger partial charge in [-0.3, -0.25) is 4.79 Å². The lowest BCUT2D eigenvalue weighted by atomic mass is 10.1. The first-order valence-electron chi connectivity index (χ1n) is 5.85. The molecule has 1 amide bonds. The predicted molar refractivity (Wildman–Crippen MR) is 57.8 cm³/mol. The van der Waals surface area contributed by atoms with Gasteiger partial charge in [0.1, 0.15) is 6.04 Å². The van der Waals surface area contributed by atoms with Crippen molar-refractivity contribution in [1.29, 1.82) is 0 Å². The Balaban J connectivity index is 2.01. The number of carbonyl (C=O) groups is 2. The minimum Gasteiger partial charge on any atom is -0.467 e. The molecule has 0 radical (unpaired) electrons. The lowest BCUT2D eigenvalue weighted by Gasteiger charge is -2.25. The van der Waals surface area contributed by atoms with Gasteiger partial charge in [-0.05, 0) is 32.2 Å². The van der Waals surface area contributed by atoms with Crippen LogP contribution in [-0.2, 0) is 14.3 Å². The number of nitrogens with zero attached hydrogens (tertiary/aromatic N) is 1. The molecule has 0 aromatic carbocycles. The number of rotatable bonds is 2. The van der Waals surface area contributed by atoms with Crippen molar-refractivity contribution in [1.82, 2.24) is 10.2 Å². The highest BCUT2D eigenvalue weighted by Crippen LogP contribution is 2.21. The third kappa shape index (κ3) is 2.04. The Bertz CT molecular complexity index is 287. The molecule has 2 atom stereocenters. The van der Waals surface area contributed by atoms with Crippen LogP contribution in [0.2, 0.25) is 0 Å². The van der Waals surface area contributed by atoms with E-state index in [4.69, 9.17) is 4.74 Å². The van der Waals surface area contributed by atoms with E-state index in [0.717, 1.165) is 32.2 Å². The molecule has 2 aliphatic rings. The number of amides is 1. The van der Waals surface area contributed by atoms with Gasteiger partial charge in [-0.15, -0.1) is 0 Å². The van der Waals surface area contributed by atoms with Crippen LogP contribution in [-0.4, -0.2) is 49.1 Å². The van der Waals surface area contributed by atoms with Gasteiger partial charge in [0.25, 0.3) is 0 Å². The van der Waals surface area contributed by atoms with Gasteiger partial charge in [0, 0.05) is 6.54 Å². The number of methoxy groups -OCH3 is 1. The molecule has 1 N–H and O–H groups in total. The topological polar surface area (TPSA) is 58.6 Å². The summed E-state index contributed by atoms with van der Waals surface area (Å²) in [5, 5.41) is 3.17. The van der Waals surface area contributed by atoms with E-state index in [1.54, 1.807) is 4.90 Å². The van der Waals surface area contributed by atoms with Crippen molar-refractivity contribution in [2.45, 2.75) is 37.8 Å². The van der Waals surface area contributed by atoms with Gasteiger partial charge in [0.15, 0.2) is 0 Å². The van der Waals surface area contributed by atoms with E-state index in [2.05, 4.69) is 5.32 Å². The molecule has 2 heterocycles. The molecule has 5 nitrogen and oxygen atoms in total. The van der Waals surface area contributed by atoms with Crippen molar-refractivity contribution in [3.8, 4) is 0 Å². The minimum absolute atomic E-state index is 0.0606. The van der Waals surface area contributed by atoms with E-state index in [1.165, 1.54) is 7.11 Å². The van der Waals surface area contributed by atoms with Crippen molar-refractivity contribution in [2.75, 3.05) is 20.2 Å². The van der Waals surface area contributed by atoms with E-state index in [0.29, 0.717) is 6.54 Å². The molecule has 5 heteroatoms. The van der Waals surface area contributed by atoms with Gasteiger partial charge in [-0.25, -0.2) is 4.79 Å². The van der Waals surface area contributed by atoms with E-state index in [-0.39, 0.29) is 24.0 Å². The van der Waals surface area contributed by atoms with Crippen LogP contribution in [0, 0.1) is 0 Å². The van der Waals surface area contributed by atoms with E-state index in [9.17, 15) is 9.59 Å². The molecule has 2 aliphatic heterocycles. The fourth-order valence-corrected chi connectivity index (χ4v) is 2.51. The molecule has 0 spiro atoms. The molecule has 0 aromatic heterocycles. The summed E-state index contributed by atoms with van der Waals surface area (Å²) >= 11 is 0. The van der Waals surface area contributed by atoms with Crippen LogP contribution in [0.4, 0.5) is 0 Å². The molecule has 90 valence electrons. The summed E-state index contributed by atoms with van der Waals surface area (Å²) in [5.41, 5.74) is 0. The lowest BCUT2D eigenvalue weighted by Crippen LogP contribution is -2.48. The fraction of sp³-hybridized carbons (Fsp3) is 0.818. The molecule has 0 aromatic rings. The highest BCUT2D eigenvalue weighted by Gasteiger charge is 2.38. The van der Waals surface area contributed by atoms with Crippen LogP contribution in [0.3, 0.4) is 0 Å². The highest BCUT2D eigenvalue weighted by molar-refractivity contribution is 5.88. The molecule has 16 heavy (non-hydrogen) atoms. The largest absolute Gasteiger partial charge is 0.467 e. The summed E-state index contributed by atoms with van der Waals surface area (Å²) in [6.07, 6.45) is 3.53. The average molecular weight is 226 g/mol. The second-order valence-corrected chi connectivity index (χ2v) is 4.36. The smallest absolute Gasteiger partial charge is 0.328 e. The second kappa shape index (κ2) is 4.82. The SMILES string of the molecule is COC(=O)[C@@H]1CCCN1C(=O)[C@@H]1CCCN1. The standard InChI is InChI=1S/C11H18N2O3/c1-16-11(15)9-5-3-7-13(9)10(14)8-4-2-6-12-8/h8-9,12H,2-7H2,1H3/t8-,9-/m0/s1. The Hall–Kier alpha value is -1.10. The van der Waals surface area contributed by atoms with E-state index < -0.39 is 0 Å². The number of hydrogen-bond donors (Lipinski definition) is 1. The van der Waals surface area contributed by atoms with Gasteiger partial charge >= 0.3 is 5.97 Å². The predicted octanol–water partition coefficient (Wildman–Crippen LogP) is -0.0976. The molecule has 0 saturated carbocycles. The molecular formula is C11H18N2O3. The number of nitrogens with one attached hydrogen (secondary N) is 1. The molecule has 0 unspecified atom stereocenters. The van der Waals surface area contributed by atoms with Crippen LogP contribution >= 0.6 is 0 Å². The van der Waals surface area contributed by atoms with E-state index >= 15 is 0 Å². The van der Waals surface area contributed by atoms with Crippen LogP contribution in [0.15, 0.2) is 0 Å². The number of ether oxygens (including phenoxy) is 1. The molecule has 2 fully saturated rings. The summed E-state index contributed by atoms with van der Waals surface area (Å²) in [6.45, 7) is 1.57. The summed E-state index contributed by atoms with van der Waals surface area (Å²) in [7, 11) is 1.37. The average Bonchev–Trinajstić information content (AvgIpc) is 2.97. The minimum atomic E-state index is -0.361. The highest BCUT2D eigenvalue weighted by atomic mass is 16.5. The molecule has 2 saturated heterocycles. The molecule has 0 bridgehead atoms. The van der Waals surface area contributed by atoms with Gasteiger partial charge < -0.3 is 15.0 Å². The van der Waals surface area contributed by atoms with Crippen LogP contribution in [0.1, 0.15) is 25.7 Å². The monoisotopic (exact) mass is 226 g/mol. The zero-order valence-electron chi connectivity index (χ0n) is 9.57. The number of likely N-dealkylation sites (tertiary alicyclic amines) is 1. The Morgan fingerprint density at radius 3 is 2.75 bits per heavy atom. The van der Waals surface area contributed by atoms with Crippen molar-refractivity contribution in [3.63, 3.8) is 0 Å². The van der Waals surface area contributed by atoms with E-state index in [1.807, 2.05) is 0 Å². The quantitative estimate of drug-likeness (QED) is 0.668. The summed E-state index contributed by atoms with van der Waals surface area (Å²) < 4.78 is 4.72. The lowest BCUT2D eigenvalue weighted by molar-refractivity contribution is -0.151. The van der Waals surface area contributed by atoms with Crippen molar-refractivity contribution in [3.05, 3.63) is 0 Å². The molecule has 2 rings (SSSR count). The zero-order chi connectivity index (χ0) is 11.5. The third-order valence-electron chi connectivity index (χ3n) is 3.37. The Morgan fingerprint density at radius 2 is 2.12 bits per heavy atom. The van der Waals surface area contributed by atoms with Crippen LogP contribution in [0.5, 0.6) is 0 Å². The van der Waals surface area contributed by atoms with Crippen molar-refractivity contribution >= 4 is 11.9 Å². The Labute approximate surface area is 95.1 Å². The number of hydrogen-bond acceptors (Lipinski definition) is 4. The maximum Gasteiger partial charge on any atom is 0.328 e. The maximum absolute atomic E-state index is 12.1. The number of esters is 1. The fourth-order valence-electron chi connectivity index (χ4n) is 2.51. The first-order chi connectivity index (χ1) is 7.74. The van der Waals surface area contributed by atoms with Crippen molar-refractivity contribution < 1.29 is 14.3 Å². The Morgan fingerprint density at radius 1 is 1.31 bits per heavy atom. The first-order valence-corrected chi connectivity index (χ1v) is 5.85. The summed E-state index contributed by atoms with van der Waals surface area (Å²) in [5.74, 6) is -0.228. The first kappa shape index (κ1) is 11.4. The van der Waals surface area contributed by atoms with Gasteiger partial charge in [0.05, 0.1) is 13.2 Å². The van der Waals surface area contributed by atoms with Crippen molar-refractivity contribution in [2.24, 2.45) is 0 Å². The second-order valence-electron chi connectivity index (χ2n) is 4.36. The summed E-state index contributed by atoms with van der Waals surface area (Å²) in [4.78, 5) is 25.3. The van der Waals surface area contributed by atoms with Gasteiger partial charge in [0.2, 0.25) is 5.91 Å². The summed E-state index contributed by atoms with van der Waals surface area (Å²) in [6, 6.07) is -0.454. The zero-order valence-corrected chi connectivity index (χ0v) is 9.57. The normalized spacial score (nSPS) is 29.4. The molecule has 0 aliphatic carbocycles. The number of carbonyl (C=O) groups excluding carboxylic acids is 2.